The van der Waals surface area contributed by atoms with Crippen LogP contribution in [-0.4, -0.2) is 9.97 Å². The second-order valence-electron chi connectivity index (χ2n) is 1.03. The molecule has 0 fully saturated rings. The van der Waals surface area contributed by atoms with Crippen molar-refractivity contribution >= 4 is 24.7 Å². The molecule has 1 N–H and O–H groups in total. The number of halogens is 1. The first-order chi connectivity index (χ1) is 3.43. The summed E-state index contributed by atoms with van der Waals surface area (Å²) in [6, 6.07) is 0. The van der Waals surface area contributed by atoms with Crippen LogP contribution >= 0.6 is 19.2 Å². The van der Waals surface area contributed by atoms with E-state index in [4.69, 9.17) is 11.2 Å². The van der Waals surface area contributed by atoms with Gasteiger partial charge in [0.1, 0.15) is 5.57 Å². The number of aromatic nitrogens is 2. The molecular formula is C3H4ClN2P. The van der Waals surface area contributed by atoms with Gasteiger partial charge < -0.3 is 4.98 Å². The fourth-order valence-electron chi connectivity index (χ4n) is 0.317. The van der Waals surface area contributed by atoms with Crippen molar-refractivity contribution in [1.29, 1.82) is 0 Å². The Kier molecular flexibility index (Phi) is 1.66. The third-order valence-corrected chi connectivity index (χ3v) is 1.58. The zero-order chi connectivity index (χ0) is 5.11. The Bertz CT molecular complexity index is 127. The quantitative estimate of drug-likeness (QED) is 0.568. The van der Waals surface area contributed by atoms with Crippen LogP contribution in [-0.2, 0) is 0 Å². The minimum Gasteiger partial charge on any atom is -0.344 e. The van der Waals surface area contributed by atoms with Crippen molar-refractivity contribution in [3.63, 3.8) is 0 Å². The van der Waals surface area contributed by atoms with Gasteiger partial charge in [-0.3, -0.25) is 0 Å². The lowest BCUT2D eigenvalue weighted by Gasteiger charge is -1.77. The second-order valence-corrected chi connectivity index (χ2v) is 2.26. The minimum absolute atomic E-state index is 0.260. The SMILES string of the molecule is ClPc1ncc[nH]1. The average Bonchev–Trinajstić information content (AvgIpc) is 2.14. The van der Waals surface area contributed by atoms with Crippen molar-refractivity contribution in [2.24, 2.45) is 0 Å². The summed E-state index contributed by atoms with van der Waals surface area (Å²) in [7, 11) is 0.260. The number of nitrogens with zero attached hydrogens (tertiary/aromatic N) is 1. The zero-order valence-corrected chi connectivity index (χ0v) is 5.24. The fraction of sp³-hybridized carbons (Fsp3) is 0. The van der Waals surface area contributed by atoms with E-state index in [9.17, 15) is 0 Å². The van der Waals surface area contributed by atoms with Gasteiger partial charge in [0.15, 0.2) is 0 Å². The molecular weight excluding hydrogens is 130 g/mol. The van der Waals surface area contributed by atoms with Gasteiger partial charge >= 0.3 is 0 Å². The lowest BCUT2D eigenvalue weighted by Crippen LogP contribution is -1.93. The van der Waals surface area contributed by atoms with Crippen molar-refractivity contribution in [3.05, 3.63) is 12.4 Å². The van der Waals surface area contributed by atoms with Gasteiger partial charge in [0.05, 0.1) is 0 Å². The molecule has 0 saturated carbocycles. The van der Waals surface area contributed by atoms with Crippen molar-refractivity contribution in [2.75, 3.05) is 0 Å². The third-order valence-electron chi connectivity index (χ3n) is 0.588. The Balaban J connectivity index is 2.76. The molecule has 4 heteroatoms. The smallest absolute Gasteiger partial charge is 0.141 e. The van der Waals surface area contributed by atoms with Gasteiger partial charge in [-0.05, 0) is 0 Å². The molecule has 0 aliphatic rings. The monoisotopic (exact) mass is 134 g/mol. The molecule has 38 valence electrons. The van der Waals surface area contributed by atoms with Gasteiger partial charge in [-0.2, -0.15) is 0 Å². The Hall–Kier alpha value is -0.0700. The highest BCUT2D eigenvalue weighted by atomic mass is 35.7. The molecule has 1 heterocycles. The van der Waals surface area contributed by atoms with Crippen molar-refractivity contribution < 1.29 is 0 Å². The molecule has 0 aliphatic carbocycles. The molecule has 0 aliphatic heterocycles. The maximum Gasteiger partial charge on any atom is 0.141 e. The molecule has 1 aromatic heterocycles. The summed E-state index contributed by atoms with van der Waals surface area (Å²) in [4.78, 5) is 6.72. The van der Waals surface area contributed by atoms with Crippen LogP contribution in [0.5, 0.6) is 0 Å². The van der Waals surface area contributed by atoms with Gasteiger partial charge in [0.25, 0.3) is 0 Å². The molecule has 1 unspecified atom stereocenters. The topological polar surface area (TPSA) is 28.7 Å². The predicted octanol–water partition coefficient (Wildman–Crippen LogP) is 0.867. The van der Waals surface area contributed by atoms with Crippen molar-refractivity contribution in [1.82, 2.24) is 9.97 Å². The Morgan fingerprint density at radius 2 is 2.71 bits per heavy atom. The summed E-state index contributed by atoms with van der Waals surface area (Å²) in [6.45, 7) is 0. The number of hydrogen-bond donors (Lipinski definition) is 1. The van der Waals surface area contributed by atoms with Crippen LogP contribution < -0.4 is 5.57 Å². The highest BCUT2D eigenvalue weighted by Crippen LogP contribution is 2.10. The number of imidazole rings is 1. The molecule has 0 spiro atoms. The van der Waals surface area contributed by atoms with Crippen LogP contribution in [0.2, 0.25) is 0 Å². The van der Waals surface area contributed by atoms with Crippen LogP contribution in [0.4, 0.5) is 0 Å². The van der Waals surface area contributed by atoms with Crippen molar-refractivity contribution in [3.8, 4) is 0 Å². The number of nitrogens with one attached hydrogen (secondary N) is 1. The molecule has 1 atom stereocenters. The molecule has 0 radical (unpaired) electrons. The largest absolute Gasteiger partial charge is 0.344 e. The molecule has 0 saturated heterocycles. The summed E-state index contributed by atoms with van der Waals surface area (Å²) >= 11 is 5.40. The normalized spacial score (nSPS) is 11.0. The fourth-order valence-corrected chi connectivity index (χ4v) is 0.888. The number of rotatable bonds is 1. The average molecular weight is 135 g/mol. The van der Waals surface area contributed by atoms with Gasteiger partial charge in [-0.25, -0.2) is 4.98 Å². The minimum atomic E-state index is 0.260. The molecule has 1 aromatic rings. The van der Waals surface area contributed by atoms with Crippen LogP contribution in [0.15, 0.2) is 12.4 Å². The van der Waals surface area contributed by atoms with Crippen LogP contribution in [0, 0.1) is 0 Å². The zero-order valence-electron chi connectivity index (χ0n) is 3.48. The van der Waals surface area contributed by atoms with E-state index < -0.39 is 0 Å². The van der Waals surface area contributed by atoms with Gasteiger partial charge in [0.2, 0.25) is 0 Å². The highest BCUT2D eigenvalue weighted by Gasteiger charge is 1.84. The van der Waals surface area contributed by atoms with E-state index in [2.05, 4.69) is 9.97 Å². The summed E-state index contributed by atoms with van der Waals surface area (Å²) in [5.41, 5.74) is 0.849. The summed E-state index contributed by atoms with van der Waals surface area (Å²) < 4.78 is 0. The maximum atomic E-state index is 5.40. The molecule has 7 heavy (non-hydrogen) atoms. The van der Waals surface area contributed by atoms with E-state index in [-0.39, 0.29) is 7.93 Å². The first kappa shape index (κ1) is 5.07. The van der Waals surface area contributed by atoms with E-state index in [0.717, 1.165) is 5.57 Å². The van der Waals surface area contributed by atoms with E-state index in [0.29, 0.717) is 0 Å². The van der Waals surface area contributed by atoms with Gasteiger partial charge in [0, 0.05) is 20.3 Å². The van der Waals surface area contributed by atoms with Gasteiger partial charge in [-0.1, -0.05) is 11.2 Å². The van der Waals surface area contributed by atoms with E-state index >= 15 is 0 Å². The standard InChI is InChI=1S/C3H4ClN2P/c4-7-3-5-1-2-6-3/h1-2,7H,(H,5,6). The Morgan fingerprint density at radius 3 is 3.00 bits per heavy atom. The summed E-state index contributed by atoms with van der Waals surface area (Å²) in [5, 5.41) is 0. The first-order valence-corrected chi connectivity index (χ1v) is 3.80. The van der Waals surface area contributed by atoms with Crippen molar-refractivity contribution in [2.45, 2.75) is 0 Å². The van der Waals surface area contributed by atoms with Crippen LogP contribution in [0.3, 0.4) is 0 Å². The maximum absolute atomic E-state index is 5.40. The molecule has 1 rings (SSSR count). The van der Waals surface area contributed by atoms with Crippen LogP contribution in [0.1, 0.15) is 0 Å². The Labute approximate surface area is 47.9 Å². The third kappa shape index (κ3) is 1.15. The molecule has 0 bridgehead atoms. The lowest BCUT2D eigenvalue weighted by molar-refractivity contribution is 1.41. The number of hydrogen-bond acceptors (Lipinski definition) is 1. The molecule has 0 amide bonds. The van der Waals surface area contributed by atoms with E-state index in [1.807, 2.05) is 0 Å². The van der Waals surface area contributed by atoms with Gasteiger partial charge in [-0.15, -0.1) is 0 Å². The second kappa shape index (κ2) is 2.29. The molecule has 0 aromatic carbocycles. The predicted molar refractivity (Wildman–Crippen MR) is 32.4 cm³/mol. The lowest BCUT2D eigenvalue weighted by atomic mass is 11.0. The molecule has 2 nitrogen and oxygen atoms in total. The number of aromatic amines is 1. The van der Waals surface area contributed by atoms with E-state index in [1.165, 1.54) is 0 Å². The van der Waals surface area contributed by atoms with Crippen LogP contribution in [0.25, 0.3) is 0 Å². The first-order valence-electron chi connectivity index (χ1n) is 1.79. The summed E-state index contributed by atoms with van der Waals surface area (Å²) in [6.07, 6.45) is 3.44. The van der Waals surface area contributed by atoms with E-state index in [1.54, 1.807) is 12.4 Å². The summed E-state index contributed by atoms with van der Waals surface area (Å²) in [5.74, 6) is 0. The highest BCUT2D eigenvalue weighted by molar-refractivity contribution is 7.74. The number of H-pyrrole nitrogens is 1. The Morgan fingerprint density at radius 1 is 1.86 bits per heavy atom.